The van der Waals surface area contributed by atoms with E-state index in [0.717, 1.165) is 32.1 Å². The zero-order chi connectivity index (χ0) is 18.8. The van der Waals surface area contributed by atoms with E-state index >= 15 is 0 Å². The van der Waals surface area contributed by atoms with E-state index in [-0.39, 0.29) is 0 Å². The smallest absolute Gasteiger partial charge is 0.310 e. The number of hydrogen-bond acceptors (Lipinski definition) is 2. The molecule has 146 valence electrons. The van der Waals surface area contributed by atoms with E-state index in [9.17, 15) is 19.8 Å². The lowest BCUT2D eigenvalue weighted by Crippen LogP contribution is -2.52. The summed E-state index contributed by atoms with van der Waals surface area (Å²) in [7, 11) is 0. The minimum absolute atomic E-state index is 0.479. The second kappa shape index (κ2) is 10.8. The Labute approximate surface area is 153 Å². The molecule has 4 nitrogen and oxygen atoms in total. The van der Waals surface area contributed by atoms with Gasteiger partial charge in [0, 0.05) is 0 Å². The fourth-order valence-electron chi connectivity index (χ4n) is 4.50. The second-order valence-electron chi connectivity index (χ2n) is 8.16. The molecule has 25 heavy (non-hydrogen) atoms. The summed E-state index contributed by atoms with van der Waals surface area (Å²) in [4.78, 5) is 23.8. The molecule has 0 aromatic rings. The van der Waals surface area contributed by atoms with Crippen LogP contribution in [0.3, 0.4) is 0 Å². The fourth-order valence-corrected chi connectivity index (χ4v) is 4.50. The number of carboxylic acids is 2. The zero-order valence-electron chi connectivity index (χ0n) is 16.3. The summed E-state index contributed by atoms with van der Waals surface area (Å²) in [5, 5.41) is 19.5. The first kappa shape index (κ1) is 22.0. The Morgan fingerprint density at radius 1 is 0.760 bits per heavy atom. The summed E-state index contributed by atoms with van der Waals surface area (Å²) in [6, 6.07) is 0. The van der Waals surface area contributed by atoms with Gasteiger partial charge >= 0.3 is 11.9 Å². The molecule has 2 atom stereocenters. The fraction of sp³-hybridized carbons (Fsp3) is 0.905. The average molecular weight is 355 g/mol. The topological polar surface area (TPSA) is 74.6 Å². The first-order valence-electron chi connectivity index (χ1n) is 10.4. The van der Waals surface area contributed by atoms with Gasteiger partial charge in [0.05, 0.1) is 10.8 Å². The maximum atomic E-state index is 12.0. The van der Waals surface area contributed by atoms with Crippen LogP contribution in [-0.2, 0) is 9.59 Å². The summed E-state index contributed by atoms with van der Waals surface area (Å²) in [6.45, 7) is 3.88. The third-order valence-electron chi connectivity index (χ3n) is 6.43. The van der Waals surface area contributed by atoms with E-state index in [4.69, 9.17) is 0 Å². The van der Waals surface area contributed by atoms with Gasteiger partial charge in [0.2, 0.25) is 0 Å². The lowest BCUT2D eigenvalue weighted by molar-refractivity contribution is -0.179. The molecule has 1 aliphatic carbocycles. The molecule has 1 rings (SSSR count). The van der Waals surface area contributed by atoms with Gasteiger partial charge in [-0.2, -0.15) is 0 Å². The molecule has 1 saturated carbocycles. The van der Waals surface area contributed by atoms with Crippen molar-refractivity contribution in [3.05, 3.63) is 0 Å². The van der Waals surface area contributed by atoms with Gasteiger partial charge in [0.15, 0.2) is 0 Å². The number of carboxylic acid groups (broad SMARTS) is 2. The summed E-state index contributed by atoms with van der Waals surface area (Å²) in [6.07, 6.45) is 15.1. The number of carbonyl (C=O) groups is 2. The zero-order valence-corrected chi connectivity index (χ0v) is 16.3. The molecule has 0 aliphatic heterocycles. The van der Waals surface area contributed by atoms with Crippen molar-refractivity contribution >= 4 is 11.9 Å². The van der Waals surface area contributed by atoms with Gasteiger partial charge in [-0.1, -0.05) is 84.0 Å². The maximum Gasteiger partial charge on any atom is 0.310 e. The highest BCUT2D eigenvalue weighted by atomic mass is 16.4. The van der Waals surface area contributed by atoms with Crippen LogP contribution in [0.4, 0.5) is 0 Å². The van der Waals surface area contributed by atoms with Crippen LogP contribution in [0.1, 0.15) is 110 Å². The molecule has 2 unspecified atom stereocenters. The van der Waals surface area contributed by atoms with E-state index < -0.39 is 22.8 Å². The number of unbranched alkanes of at least 4 members (excludes halogenated alkanes) is 9. The van der Waals surface area contributed by atoms with Crippen molar-refractivity contribution in [2.24, 2.45) is 10.8 Å². The first-order valence-corrected chi connectivity index (χ1v) is 10.4. The Kier molecular flexibility index (Phi) is 9.52. The van der Waals surface area contributed by atoms with Crippen molar-refractivity contribution in [2.75, 3.05) is 0 Å². The van der Waals surface area contributed by atoms with E-state index in [1.165, 1.54) is 44.9 Å². The third-order valence-corrected chi connectivity index (χ3v) is 6.43. The Bertz CT molecular complexity index is 420. The molecule has 0 amide bonds. The molecule has 0 saturated heterocycles. The molecule has 2 N–H and O–H groups in total. The Hall–Kier alpha value is -1.06. The Morgan fingerprint density at radius 3 is 1.72 bits per heavy atom. The van der Waals surface area contributed by atoms with Gasteiger partial charge in [0.1, 0.15) is 0 Å². The predicted molar refractivity (Wildman–Crippen MR) is 101 cm³/mol. The standard InChI is InChI=1S/C21H38O4/c1-3-4-5-6-7-8-9-10-11-12-16-21(19(24)25)17-14-13-15-20(21,2)18(22)23/h3-17H2,1-2H3,(H,22,23)(H,24,25). The van der Waals surface area contributed by atoms with Crippen molar-refractivity contribution in [2.45, 2.75) is 110 Å². The van der Waals surface area contributed by atoms with Crippen LogP contribution in [0, 0.1) is 10.8 Å². The van der Waals surface area contributed by atoms with Gasteiger partial charge in [-0.25, -0.2) is 0 Å². The molecule has 0 aromatic carbocycles. The molecule has 0 aromatic heterocycles. The van der Waals surface area contributed by atoms with Crippen LogP contribution >= 0.6 is 0 Å². The van der Waals surface area contributed by atoms with Crippen LogP contribution in [-0.4, -0.2) is 22.2 Å². The molecule has 1 aliphatic rings. The predicted octanol–water partition coefficient (Wildman–Crippen LogP) is 6.03. The van der Waals surface area contributed by atoms with E-state index in [2.05, 4.69) is 6.92 Å². The largest absolute Gasteiger partial charge is 0.481 e. The number of hydrogen-bond donors (Lipinski definition) is 2. The summed E-state index contributed by atoms with van der Waals surface area (Å²) >= 11 is 0. The number of aliphatic carboxylic acids is 2. The highest BCUT2D eigenvalue weighted by Crippen LogP contribution is 2.54. The van der Waals surface area contributed by atoms with Crippen molar-refractivity contribution in [3.63, 3.8) is 0 Å². The molecular formula is C21H38O4. The molecule has 0 heterocycles. The molecule has 4 heteroatoms. The van der Waals surface area contributed by atoms with Crippen molar-refractivity contribution in [3.8, 4) is 0 Å². The highest BCUT2D eigenvalue weighted by molar-refractivity contribution is 5.86. The number of rotatable bonds is 13. The van der Waals surface area contributed by atoms with Crippen LogP contribution < -0.4 is 0 Å². The van der Waals surface area contributed by atoms with Crippen LogP contribution in [0.25, 0.3) is 0 Å². The quantitative estimate of drug-likeness (QED) is 0.396. The third kappa shape index (κ3) is 5.72. The SMILES string of the molecule is CCCCCCCCCCCCC1(C(=O)O)CCCCC1(C)C(=O)O. The minimum Gasteiger partial charge on any atom is -0.481 e. The van der Waals surface area contributed by atoms with Crippen LogP contribution in [0.15, 0.2) is 0 Å². The maximum absolute atomic E-state index is 12.0. The van der Waals surface area contributed by atoms with Gasteiger partial charge in [-0.05, 0) is 26.2 Å². The van der Waals surface area contributed by atoms with E-state index in [1.807, 2.05) is 0 Å². The lowest BCUT2D eigenvalue weighted by Gasteiger charge is -2.46. The Balaban J connectivity index is 2.39. The normalized spacial score (nSPS) is 26.5. The van der Waals surface area contributed by atoms with Crippen LogP contribution in [0.2, 0.25) is 0 Å². The summed E-state index contributed by atoms with van der Waals surface area (Å²) in [5.41, 5.74) is -2.21. The van der Waals surface area contributed by atoms with Crippen molar-refractivity contribution in [1.82, 2.24) is 0 Å². The monoisotopic (exact) mass is 354 g/mol. The molecule has 0 spiro atoms. The summed E-state index contributed by atoms with van der Waals surface area (Å²) in [5.74, 6) is -1.85. The van der Waals surface area contributed by atoms with Gasteiger partial charge in [-0.3, -0.25) is 9.59 Å². The molecular weight excluding hydrogens is 316 g/mol. The van der Waals surface area contributed by atoms with E-state index in [0.29, 0.717) is 19.3 Å². The Morgan fingerprint density at radius 2 is 1.24 bits per heavy atom. The average Bonchev–Trinajstić information content (AvgIpc) is 2.57. The van der Waals surface area contributed by atoms with Gasteiger partial charge in [-0.15, -0.1) is 0 Å². The van der Waals surface area contributed by atoms with Crippen molar-refractivity contribution < 1.29 is 19.8 Å². The second-order valence-corrected chi connectivity index (χ2v) is 8.16. The highest BCUT2D eigenvalue weighted by Gasteiger charge is 2.58. The lowest BCUT2D eigenvalue weighted by atomic mass is 9.55. The van der Waals surface area contributed by atoms with Gasteiger partial charge < -0.3 is 10.2 Å². The molecule has 0 bridgehead atoms. The first-order chi connectivity index (χ1) is 11.9. The van der Waals surface area contributed by atoms with E-state index in [1.54, 1.807) is 6.92 Å². The minimum atomic E-state index is -1.13. The molecule has 0 radical (unpaired) electrons. The van der Waals surface area contributed by atoms with Crippen molar-refractivity contribution in [1.29, 1.82) is 0 Å². The van der Waals surface area contributed by atoms with Gasteiger partial charge in [0.25, 0.3) is 0 Å². The molecule has 1 fully saturated rings. The van der Waals surface area contributed by atoms with Crippen LogP contribution in [0.5, 0.6) is 0 Å². The summed E-state index contributed by atoms with van der Waals surface area (Å²) < 4.78 is 0.